The van der Waals surface area contributed by atoms with Gasteiger partial charge in [0.25, 0.3) is 0 Å². The standard InChI is InChI=1S/C11H15N3O6S/c1-7(2)20-11(17)14-21(18,19)13-6-8-3-4-9(10(15)16)12-5-8/h3-5,7,13H,6H2,1-2H3,(H,14,17)(H,15,16). The zero-order valence-corrected chi connectivity index (χ0v) is 12.2. The van der Waals surface area contributed by atoms with Crippen molar-refractivity contribution in [2.24, 2.45) is 0 Å². The molecule has 0 bridgehead atoms. The van der Waals surface area contributed by atoms with Crippen molar-refractivity contribution in [1.82, 2.24) is 14.4 Å². The van der Waals surface area contributed by atoms with Gasteiger partial charge in [0.05, 0.1) is 6.10 Å². The monoisotopic (exact) mass is 317 g/mol. The van der Waals surface area contributed by atoms with Gasteiger partial charge in [0.15, 0.2) is 0 Å². The molecule has 0 aliphatic heterocycles. The number of carboxylic acid groups (broad SMARTS) is 1. The first-order valence-electron chi connectivity index (χ1n) is 5.86. The van der Waals surface area contributed by atoms with Crippen LogP contribution in [0.5, 0.6) is 0 Å². The Balaban J connectivity index is 2.57. The molecule has 0 atom stereocenters. The first kappa shape index (κ1) is 16.9. The van der Waals surface area contributed by atoms with Crippen LogP contribution in [0.2, 0.25) is 0 Å². The SMILES string of the molecule is CC(C)OC(=O)NS(=O)(=O)NCc1ccc(C(=O)O)nc1. The summed E-state index contributed by atoms with van der Waals surface area (Å²) >= 11 is 0. The highest BCUT2D eigenvalue weighted by molar-refractivity contribution is 7.88. The van der Waals surface area contributed by atoms with Crippen LogP contribution in [0.25, 0.3) is 0 Å². The number of hydrogen-bond acceptors (Lipinski definition) is 6. The topological polar surface area (TPSA) is 135 Å². The second-order valence-electron chi connectivity index (χ2n) is 4.24. The van der Waals surface area contributed by atoms with Crippen LogP contribution in [0, 0.1) is 0 Å². The summed E-state index contributed by atoms with van der Waals surface area (Å²) in [4.78, 5) is 25.4. The summed E-state index contributed by atoms with van der Waals surface area (Å²) in [5.74, 6) is -1.18. The van der Waals surface area contributed by atoms with Gasteiger partial charge < -0.3 is 9.84 Å². The summed E-state index contributed by atoms with van der Waals surface area (Å²) in [6, 6.07) is 2.65. The summed E-state index contributed by atoms with van der Waals surface area (Å²) < 4.78 is 31.5. The summed E-state index contributed by atoms with van der Waals surface area (Å²) in [6.45, 7) is 3.00. The number of rotatable bonds is 6. The van der Waals surface area contributed by atoms with Crippen LogP contribution in [0.4, 0.5) is 4.79 Å². The Kier molecular flexibility index (Phi) is 5.61. The summed E-state index contributed by atoms with van der Waals surface area (Å²) in [6.07, 6.45) is -0.317. The fourth-order valence-electron chi connectivity index (χ4n) is 1.22. The lowest BCUT2D eigenvalue weighted by molar-refractivity contribution is 0.0690. The Labute approximate surface area is 121 Å². The molecule has 1 heterocycles. The Morgan fingerprint density at radius 2 is 2.05 bits per heavy atom. The van der Waals surface area contributed by atoms with E-state index in [4.69, 9.17) is 5.11 Å². The average Bonchev–Trinajstić information content (AvgIpc) is 2.35. The molecule has 0 radical (unpaired) electrons. The summed E-state index contributed by atoms with van der Waals surface area (Å²) in [5, 5.41) is 8.67. The van der Waals surface area contributed by atoms with Crippen molar-refractivity contribution >= 4 is 22.3 Å². The molecule has 0 unspecified atom stereocenters. The van der Waals surface area contributed by atoms with E-state index >= 15 is 0 Å². The maximum Gasteiger partial charge on any atom is 0.422 e. The minimum Gasteiger partial charge on any atom is -0.477 e. The van der Waals surface area contributed by atoms with Crippen LogP contribution < -0.4 is 9.44 Å². The number of pyridine rings is 1. The van der Waals surface area contributed by atoms with Gasteiger partial charge in [0.2, 0.25) is 0 Å². The number of aromatic nitrogens is 1. The molecule has 0 spiro atoms. The van der Waals surface area contributed by atoms with Crippen molar-refractivity contribution in [3.8, 4) is 0 Å². The fourth-order valence-corrected chi connectivity index (χ4v) is 1.91. The molecule has 21 heavy (non-hydrogen) atoms. The lowest BCUT2D eigenvalue weighted by Crippen LogP contribution is -2.40. The van der Waals surface area contributed by atoms with Gasteiger partial charge in [-0.1, -0.05) is 6.07 Å². The van der Waals surface area contributed by atoms with Gasteiger partial charge in [0, 0.05) is 12.7 Å². The first-order chi connectivity index (χ1) is 9.69. The zero-order valence-electron chi connectivity index (χ0n) is 11.4. The number of aromatic carboxylic acids is 1. The first-order valence-corrected chi connectivity index (χ1v) is 7.34. The Morgan fingerprint density at radius 3 is 2.52 bits per heavy atom. The van der Waals surface area contributed by atoms with Crippen LogP contribution in [0.3, 0.4) is 0 Å². The van der Waals surface area contributed by atoms with Crippen molar-refractivity contribution in [1.29, 1.82) is 0 Å². The highest BCUT2D eigenvalue weighted by Gasteiger charge is 2.16. The van der Waals surface area contributed by atoms with Crippen LogP contribution in [-0.2, 0) is 21.5 Å². The molecule has 1 amide bonds. The molecule has 0 saturated carbocycles. The molecule has 116 valence electrons. The molecule has 1 aromatic rings. The van der Waals surface area contributed by atoms with E-state index < -0.39 is 28.4 Å². The fraction of sp³-hybridized carbons (Fsp3) is 0.364. The maximum atomic E-state index is 11.5. The van der Waals surface area contributed by atoms with Gasteiger partial charge >= 0.3 is 22.3 Å². The van der Waals surface area contributed by atoms with Crippen molar-refractivity contribution in [3.05, 3.63) is 29.6 Å². The van der Waals surface area contributed by atoms with Crippen molar-refractivity contribution in [2.45, 2.75) is 26.5 Å². The van der Waals surface area contributed by atoms with E-state index in [1.165, 1.54) is 18.3 Å². The van der Waals surface area contributed by atoms with Gasteiger partial charge in [-0.2, -0.15) is 13.1 Å². The highest BCUT2D eigenvalue weighted by atomic mass is 32.2. The second-order valence-corrected chi connectivity index (χ2v) is 5.74. The van der Waals surface area contributed by atoms with Crippen molar-refractivity contribution in [3.63, 3.8) is 0 Å². The van der Waals surface area contributed by atoms with Crippen molar-refractivity contribution in [2.75, 3.05) is 0 Å². The molecule has 1 rings (SSSR count). The van der Waals surface area contributed by atoms with Gasteiger partial charge in [-0.3, -0.25) is 0 Å². The Hall–Kier alpha value is -2.20. The van der Waals surface area contributed by atoms with E-state index in [9.17, 15) is 18.0 Å². The molecule has 0 saturated heterocycles. The van der Waals surface area contributed by atoms with Crippen LogP contribution in [0.1, 0.15) is 29.9 Å². The van der Waals surface area contributed by atoms with Gasteiger partial charge in [-0.25, -0.2) is 19.3 Å². The van der Waals surface area contributed by atoms with E-state index in [2.05, 4.69) is 14.4 Å². The highest BCUT2D eigenvalue weighted by Crippen LogP contribution is 2.01. The molecule has 0 aliphatic carbocycles. The van der Waals surface area contributed by atoms with E-state index in [1.54, 1.807) is 18.6 Å². The van der Waals surface area contributed by atoms with Crippen molar-refractivity contribution < 1.29 is 27.9 Å². The Bertz CT molecular complexity index is 611. The Morgan fingerprint density at radius 1 is 1.38 bits per heavy atom. The van der Waals surface area contributed by atoms with Gasteiger partial charge in [-0.05, 0) is 25.5 Å². The van der Waals surface area contributed by atoms with Crippen LogP contribution in [-0.4, -0.2) is 36.7 Å². The summed E-state index contributed by atoms with van der Waals surface area (Å²) in [7, 11) is -4.07. The van der Waals surface area contributed by atoms with E-state index in [-0.39, 0.29) is 12.2 Å². The second kappa shape index (κ2) is 6.99. The predicted octanol–water partition coefficient (Wildman–Crippen LogP) is 0.249. The van der Waals surface area contributed by atoms with Gasteiger partial charge in [0.1, 0.15) is 5.69 Å². The largest absolute Gasteiger partial charge is 0.477 e. The molecule has 0 fully saturated rings. The lowest BCUT2D eigenvalue weighted by atomic mass is 10.2. The number of carbonyl (C=O) groups excluding carboxylic acids is 1. The number of carbonyl (C=O) groups is 2. The number of nitrogens with zero attached hydrogens (tertiary/aromatic N) is 1. The van der Waals surface area contributed by atoms with E-state index in [0.717, 1.165) is 0 Å². The number of amides is 1. The minimum atomic E-state index is -4.07. The average molecular weight is 317 g/mol. The number of ether oxygens (including phenoxy) is 1. The van der Waals surface area contributed by atoms with E-state index in [1.807, 2.05) is 0 Å². The quantitative estimate of drug-likeness (QED) is 0.684. The number of nitrogens with one attached hydrogen (secondary N) is 2. The molecular formula is C11H15N3O6S. The zero-order chi connectivity index (χ0) is 16.0. The maximum absolute atomic E-state index is 11.5. The van der Waals surface area contributed by atoms with Crippen LogP contribution >= 0.6 is 0 Å². The third kappa shape index (κ3) is 6.19. The third-order valence-electron chi connectivity index (χ3n) is 2.07. The summed E-state index contributed by atoms with van der Waals surface area (Å²) in [5.41, 5.74) is 0.280. The predicted molar refractivity (Wildman–Crippen MR) is 71.7 cm³/mol. The number of carboxylic acids is 1. The minimum absolute atomic E-state index is 0.153. The molecule has 1 aromatic heterocycles. The smallest absolute Gasteiger partial charge is 0.422 e. The van der Waals surface area contributed by atoms with E-state index in [0.29, 0.717) is 5.56 Å². The molecule has 0 aromatic carbocycles. The van der Waals surface area contributed by atoms with Crippen LogP contribution in [0.15, 0.2) is 18.3 Å². The normalized spacial score (nSPS) is 11.2. The molecule has 10 heteroatoms. The number of hydrogen-bond donors (Lipinski definition) is 3. The lowest BCUT2D eigenvalue weighted by Gasteiger charge is -2.10. The molecule has 3 N–H and O–H groups in total. The molecule has 0 aliphatic rings. The van der Waals surface area contributed by atoms with Gasteiger partial charge in [-0.15, -0.1) is 0 Å². The molecular weight excluding hydrogens is 302 g/mol. The molecule has 9 nitrogen and oxygen atoms in total. The third-order valence-corrected chi connectivity index (χ3v) is 3.03.